The van der Waals surface area contributed by atoms with Crippen molar-refractivity contribution in [3.8, 4) is 6.07 Å². The third-order valence-electron chi connectivity index (χ3n) is 5.13. The van der Waals surface area contributed by atoms with Gasteiger partial charge in [0.25, 0.3) is 0 Å². The minimum Gasteiger partial charge on any atom is -0.382 e. The normalized spacial score (nSPS) is 19.8. The summed E-state index contributed by atoms with van der Waals surface area (Å²) in [5.41, 5.74) is 4.32. The molecule has 0 amide bonds. The van der Waals surface area contributed by atoms with Crippen LogP contribution in [0.3, 0.4) is 0 Å². The number of nitrogens with one attached hydrogen (secondary N) is 2. The van der Waals surface area contributed by atoms with Gasteiger partial charge >= 0.3 is 0 Å². The molecule has 2 atom stereocenters. The number of aromatic nitrogens is 5. The van der Waals surface area contributed by atoms with Crippen molar-refractivity contribution in [3.63, 3.8) is 0 Å². The van der Waals surface area contributed by atoms with Gasteiger partial charge in [0.2, 0.25) is 0 Å². The van der Waals surface area contributed by atoms with Crippen LogP contribution in [-0.2, 0) is 0 Å². The van der Waals surface area contributed by atoms with Crippen LogP contribution in [0.2, 0.25) is 0 Å². The maximum absolute atomic E-state index is 9.06. The first-order chi connectivity index (χ1) is 12.8. The van der Waals surface area contributed by atoms with Crippen molar-refractivity contribution in [3.05, 3.63) is 54.1 Å². The molecule has 0 bridgehead atoms. The largest absolute Gasteiger partial charge is 0.382 e. The molecule has 7 nitrogen and oxygen atoms in total. The summed E-state index contributed by atoms with van der Waals surface area (Å²) in [5, 5.41) is 21.4. The SMILES string of the molecule is N#Cc1cccc(NC2CCC(c3nnc4cnc5[nH]ccc5n34)C2)c1. The number of aromatic amines is 1. The molecule has 1 fully saturated rings. The fourth-order valence-electron chi connectivity index (χ4n) is 3.92. The molecule has 7 heteroatoms. The lowest BCUT2D eigenvalue weighted by molar-refractivity contribution is 0.652. The number of nitriles is 1. The lowest BCUT2D eigenvalue weighted by Crippen LogP contribution is -2.15. The molecule has 0 spiro atoms. The predicted octanol–water partition coefficient (Wildman–Crippen LogP) is 3.23. The van der Waals surface area contributed by atoms with Gasteiger partial charge in [0.1, 0.15) is 5.82 Å². The summed E-state index contributed by atoms with van der Waals surface area (Å²) in [6, 6.07) is 12.2. The molecule has 0 radical (unpaired) electrons. The van der Waals surface area contributed by atoms with Crippen LogP contribution < -0.4 is 5.32 Å². The monoisotopic (exact) mass is 343 g/mol. The molecule has 3 aromatic heterocycles. The van der Waals surface area contributed by atoms with E-state index in [9.17, 15) is 0 Å². The average molecular weight is 343 g/mol. The molecule has 1 aliphatic carbocycles. The third-order valence-corrected chi connectivity index (χ3v) is 5.13. The van der Waals surface area contributed by atoms with E-state index in [1.165, 1.54) is 0 Å². The van der Waals surface area contributed by atoms with Gasteiger partial charge in [-0.2, -0.15) is 5.26 Å². The Morgan fingerprint density at radius 3 is 3.12 bits per heavy atom. The third kappa shape index (κ3) is 2.39. The van der Waals surface area contributed by atoms with Crippen LogP contribution in [0.1, 0.15) is 36.6 Å². The molecule has 1 aromatic carbocycles. The predicted molar refractivity (Wildman–Crippen MR) is 97.8 cm³/mol. The zero-order valence-corrected chi connectivity index (χ0v) is 14.1. The standard InChI is InChI=1S/C19H17N7/c20-10-12-2-1-3-14(8-12)23-15-5-4-13(9-15)19-25-24-17-11-22-18-16(26(17)19)6-7-21-18/h1-3,6-8,11,13,15,21,23H,4-5,9H2. The Morgan fingerprint density at radius 1 is 1.23 bits per heavy atom. The van der Waals surface area contributed by atoms with E-state index in [1.807, 2.05) is 36.5 Å². The maximum atomic E-state index is 9.06. The first-order valence-corrected chi connectivity index (χ1v) is 8.75. The van der Waals surface area contributed by atoms with Gasteiger partial charge in [0.05, 0.1) is 23.3 Å². The van der Waals surface area contributed by atoms with E-state index in [0.717, 1.165) is 47.6 Å². The lowest BCUT2D eigenvalue weighted by Gasteiger charge is -2.14. The van der Waals surface area contributed by atoms with Crippen LogP contribution in [0.5, 0.6) is 0 Å². The number of hydrogen-bond donors (Lipinski definition) is 2. The highest BCUT2D eigenvalue weighted by molar-refractivity contribution is 5.74. The summed E-state index contributed by atoms with van der Waals surface area (Å²) in [4.78, 5) is 7.52. The second kappa shape index (κ2) is 5.85. The number of fused-ring (bicyclic) bond motifs is 3. The minimum absolute atomic E-state index is 0.349. The van der Waals surface area contributed by atoms with Gasteiger partial charge in [-0.05, 0) is 43.5 Å². The molecular weight excluding hydrogens is 326 g/mol. The molecule has 4 aromatic rings. The Balaban J connectivity index is 1.42. The van der Waals surface area contributed by atoms with Gasteiger partial charge < -0.3 is 10.3 Å². The molecule has 2 unspecified atom stereocenters. The van der Waals surface area contributed by atoms with Gasteiger partial charge in [0.15, 0.2) is 11.3 Å². The van der Waals surface area contributed by atoms with Gasteiger partial charge in [-0.1, -0.05) is 6.07 Å². The van der Waals surface area contributed by atoms with Crippen LogP contribution in [-0.4, -0.2) is 30.6 Å². The Labute approximate surface area is 149 Å². The van der Waals surface area contributed by atoms with Gasteiger partial charge in [0, 0.05) is 23.8 Å². The Kier molecular flexibility index (Phi) is 3.35. The minimum atomic E-state index is 0.349. The van der Waals surface area contributed by atoms with Gasteiger partial charge in [-0.25, -0.2) is 4.98 Å². The second-order valence-electron chi connectivity index (χ2n) is 6.77. The Bertz CT molecular complexity index is 1130. The van der Waals surface area contributed by atoms with Crippen molar-refractivity contribution in [2.24, 2.45) is 0 Å². The van der Waals surface area contributed by atoms with Crippen LogP contribution in [0.15, 0.2) is 42.7 Å². The number of H-pyrrole nitrogens is 1. The summed E-state index contributed by atoms with van der Waals surface area (Å²) < 4.78 is 2.11. The molecule has 0 saturated heterocycles. The highest BCUT2D eigenvalue weighted by Gasteiger charge is 2.30. The van der Waals surface area contributed by atoms with Crippen molar-refractivity contribution < 1.29 is 0 Å². The molecule has 128 valence electrons. The highest BCUT2D eigenvalue weighted by atomic mass is 15.3. The molecule has 1 aliphatic rings. The number of benzene rings is 1. The van der Waals surface area contributed by atoms with Crippen LogP contribution >= 0.6 is 0 Å². The summed E-state index contributed by atoms with van der Waals surface area (Å²) in [6.07, 6.45) is 6.77. The fraction of sp³-hybridized carbons (Fsp3) is 0.263. The van der Waals surface area contributed by atoms with E-state index in [2.05, 4.69) is 36.0 Å². The highest BCUT2D eigenvalue weighted by Crippen LogP contribution is 2.36. The van der Waals surface area contributed by atoms with E-state index in [4.69, 9.17) is 5.26 Å². The molecular formula is C19H17N7. The zero-order valence-electron chi connectivity index (χ0n) is 14.1. The number of hydrogen-bond acceptors (Lipinski definition) is 5. The van der Waals surface area contributed by atoms with E-state index in [1.54, 1.807) is 6.20 Å². The van der Waals surface area contributed by atoms with Crippen molar-refractivity contribution in [2.75, 3.05) is 5.32 Å². The van der Waals surface area contributed by atoms with Crippen molar-refractivity contribution in [2.45, 2.75) is 31.2 Å². The molecule has 2 N–H and O–H groups in total. The van der Waals surface area contributed by atoms with Crippen molar-refractivity contribution >= 4 is 22.5 Å². The molecule has 3 heterocycles. The first kappa shape index (κ1) is 14.9. The molecule has 0 aliphatic heterocycles. The van der Waals surface area contributed by atoms with E-state index < -0.39 is 0 Å². The number of nitrogens with zero attached hydrogens (tertiary/aromatic N) is 5. The molecule has 26 heavy (non-hydrogen) atoms. The van der Waals surface area contributed by atoms with Gasteiger partial charge in [-0.3, -0.25) is 4.40 Å². The Morgan fingerprint density at radius 2 is 2.19 bits per heavy atom. The second-order valence-corrected chi connectivity index (χ2v) is 6.77. The van der Waals surface area contributed by atoms with E-state index in [-0.39, 0.29) is 0 Å². The van der Waals surface area contributed by atoms with Crippen LogP contribution in [0, 0.1) is 11.3 Å². The first-order valence-electron chi connectivity index (χ1n) is 8.75. The average Bonchev–Trinajstić information content (AvgIpc) is 3.39. The quantitative estimate of drug-likeness (QED) is 0.595. The van der Waals surface area contributed by atoms with Gasteiger partial charge in [-0.15, -0.1) is 10.2 Å². The number of anilines is 1. The number of rotatable bonds is 3. The summed E-state index contributed by atoms with van der Waals surface area (Å²) >= 11 is 0. The summed E-state index contributed by atoms with van der Waals surface area (Å²) in [5.74, 6) is 1.35. The lowest BCUT2D eigenvalue weighted by atomic mass is 10.1. The van der Waals surface area contributed by atoms with E-state index >= 15 is 0 Å². The van der Waals surface area contributed by atoms with E-state index in [0.29, 0.717) is 17.5 Å². The molecule has 1 saturated carbocycles. The fourth-order valence-corrected chi connectivity index (χ4v) is 3.92. The summed E-state index contributed by atoms with van der Waals surface area (Å²) in [6.45, 7) is 0. The van der Waals surface area contributed by atoms with Crippen molar-refractivity contribution in [1.29, 1.82) is 5.26 Å². The zero-order chi connectivity index (χ0) is 17.5. The smallest absolute Gasteiger partial charge is 0.179 e. The maximum Gasteiger partial charge on any atom is 0.179 e. The van der Waals surface area contributed by atoms with Crippen LogP contribution in [0.25, 0.3) is 16.8 Å². The topological polar surface area (TPSA) is 94.7 Å². The van der Waals surface area contributed by atoms with Crippen LogP contribution in [0.4, 0.5) is 5.69 Å². The Hall–Kier alpha value is -3.40. The summed E-state index contributed by atoms with van der Waals surface area (Å²) in [7, 11) is 0. The molecule has 5 rings (SSSR count). The van der Waals surface area contributed by atoms with Crippen molar-refractivity contribution in [1.82, 2.24) is 24.6 Å².